The Balaban J connectivity index is 1.49. The molecule has 4 rings (SSSR count). The van der Waals surface area contributed by atoms with Crippen LogP contribution in [0, 0.1) is 0 Å². The van der Waals surface area contributed by atoms with Crippen molar-refractivity contribution in [1.82, 2.24) is 15.0 Å². The fraction of sp³-hybridized carbons (Fsp3) is 0.278. The zero-order chi connectivity index (χ0) is 17.4. The Kier molecular flexibility index (Phi) is 4.36. The summed E-state index contributed by atoms with van der Waals surface area (Å²) in [6.45, 7) is 0.571. The van der Waals surface area contributed by atoms with Gasteiger partial charge in [-0.15, -0.1) is 0 Å². The molecule has 0 N–H and O–H groups in total. The van der Waals surface area contributed by atoms with Crippen molar-refractivity contribution < 1.29 is 9.32 Å². The molecule has 1 amide bonds. The van der Waals surface area contributed by atoms with Crippen LogP contribution in [0.2, 0.25) is 5.02 Å². The number of aromatic nitrogens is 2. The molecule has 2 aliphatic rings. The molecule has 2 atom stereocenters. The van der Waals surface area contributed by atoms with Crippen LogP contribution in [0.1, 0.15) is 24.7 Å². The van der Waals surface area contributed by atoms with Crippen molar-refractivity contribution in [3.8, 4) is 11.4 Å². The molecule has 0 spiro atoms. The molecule has 1 saturated heterocycles. The number of carbonyl (C=O) groups excluding carboxylic acids is 1. The molecule has 2 aromatic rings. The first kappa shape index (κ1) is 16.4. The molecule has 1 aliphatic carbocycles. The number of hydrogen-bond acceptors (Lipinski definition) is 4. The first-order valence-electron chi connectivity index (χ1n) is 8.03. The maximum Gasteiger partial charge on any atom is 0.232 e. The first-order valence-corrected chi connectivity index (χ1v) is 8.78. The number of rotatable bonds is 3. The van der Waals surface area contributed by atoms with Gasteiger partial charge < -0.3 is 9.42 Å². The van der Waals surface area contributed by atoms with Gasteiger partial charge in [0, 0.05) is 28.6 Å². The molecule has 1 aromatic heterocycles. The second kappa shape index (κ2) is 6.65. The Morgan fingerprint density at radius 2 is 2.00 bits per heavy atom. The lowest BCUT2D eigenvalue weighted by molar-refractivity contribution is -0.128. The second-order valence-corrected chi connectivity index (χ2v) is 7.03. The fourth-order valence-electron chi connectivity index (χ4n) is 3.15. The summed E-state index contributed by atoms with van der Waals surface area (Å²) in [6, 6.07) is 7.28. The molecule has 128 valence electrons. The molecule has 1 aromatic carbocycles. The number of allylic oxidation sites excluding steroid dienone is 2. The average Bonchev–Trinajstić information content (AvgIpc) is 3.23. The van der Waals surface area contributed by atoms with E-state index in [-0.39, 0.29) is 17.9 Å². The van der Waals surface area contributed by atoms with Crippen molar-refractivity contribution in [2.24, 2.45) is 0 Å². The Morgan fingerprint density at radius 3 is 2.72 bits per heavy atom. The zero-order valence-corrected chi connectivity index (χ0v) is 14.7. The smallest absolute Gasteiger partial charge is 0.232 e. The Bertz CT molecular complexity index is 857. The SMILES string of the molecule is O=C1CC(c2nc(-c3ccc(Cl)cc3)no2)CN1C1C=CC(Cl)=CC1. The van der Waals surface area contributed by atoms with E-state index < -0.39 is 0 Å². The quantitative estimate of drug-likeness (QED) is 0.807. The van der Waals surface area contributed by atoms with E-state index in [2.05, 4.69) is 10.1 Å². The van der Waals surface area contributed by atoms with Crippen LogP contribution in [0.15, 0.2) is 52.0 Å². The molecule has 0 saturated carbocycles. The molecule has 0 bridgehead atoms. The van der Waals surface area contributed by atoms with Crippen molar-refractivity contribution in [1.29, 1.82) is 0 Å². The number of nitrogens with zero attached hydrogens (tertiary/aromatic N) is 3. The number of benzene rings is 1. The number of likely N-dealkylation sites (tertiary alicyclic amines) is 1. The predicted molar refractivity (Wildman–Crippen MR) is 95.3 cm³/mol. The predicted octanol–water partition coefficient (Wildman–Crippen LogP) is 4.16. The number of halogens is 2. The minimum absolute atomic E-state index is 0.0404. The van der Waals surface area contributed by atoms with Gasteiger partial charge in [-0.25, -0.2) is 0 Å². The lowest BCUT2D eigenvalue weighted by atomic mass is 10.1. The monoisotopic (exact) mass is 375 g/mol. The molecule has 5 nitrogen and oxygen atoms in total. The van der Waals surface area contributed by atoms with Gasteiger partial charge in [-0.2, -0.15) is 4.98 Å². The van der Waals surface area contributed by atoms with Crippen LogP contribution in [0.3, 0.4) is 0 Å². The average molecular weight is 376 g/mol. The van der Waals surface area contributed by atoms with Crippen LogP contribution in [0.25, 0.3) is 11.4 Å². The summed E-state index contributed by atoms with van der Waals surface area (Å²) in [5.41, 5.74) is 0.829. The van der Waals surface area contributed by atoms with Crippen molar-refractivity contribution in [3.63, 3.8) is 0 Å². The summed E-state index contributed by atoms with van der Waals surface area (Å²) in [6.07, 6.45) is 6.84. The van der Waals surface area contributed by atoms with Gasteiger partial charge in [0.25, 0.3) is 0 Å². The third-order valence-electron chi connectivity index (χ3n) is 4.48. The van der Waals surface area contributed by atoms with E-state index in [9.17, 15) is 4.79 Å². The highest BCUT2D eigenvalue weighted by atomic mass is 35.5. The molecular weight excluding hydrogens is 361 g/mol. The number of amides is 1. The Labute approximate surface area is 154 Å². The van der Waals surface area contributed by atoms with Gasteiger partial charge in [0.1, 0.15) is 0 Å². The number of carbonyl (C=O) groups is 1. The van der Waals surface area contributed by atoms with Gasteiger partial charge in [-0.1, -0.05) is 40.5 Å². The van der Waals surface area contributed by atoms with E-state index in [1.165, 1.54) is 0 Å². The van der Waals surface area contributed by atoms with Crippen LogP contribution >= 0.6 is 23.2 Å². The highest BCUT2D eigenvalue weighted by Crippen LogP contribution is 2.32. The molecule has 1 aliphatic heterocycles. The Morgan fingerprint density at radius 1 is 1.20 bits per heavy atom. The van der Waals surface area contributed by atoms with Crippen molar-refractivity contribution in [3.05, 3.63) is 58.4 Å². The maximum absolute atomic E-state index is 12.4. The first-order chi connectivity index (χ1) is 12.1. The third kappa shape index (κ3) is 3.34. The summed E-state index contributed by atoms with van der Waals surface area (Å²) in [5, 5.41) is 5.40. The lowest BCUT2D eigenvalue weighted by Crippen LogP contribution is -2.35. The van der Waals surface area contributed by atoms with Crippen molar-refractivity contribution in [2.45, 2.75) is 24.8 Å². The zero-order valence-electron chi connectivity index (χ0n) is 13.2. The second-order valence-electron chi connectivity index (χ2n) is 6.16. The van der Waals surface area contributed by atoms with Crippen LogP contribution in [-0.2, 0) is 4.79 Å². The van der Waals surface area contributed by atoms with Gasteiger partial charge >= 0.3 is 0 Å². The summed E-state index contributed by atoms with van der Waals surface area (Å²) >= 11 is 11.8. The van der Waals surface area contributed by atoms with Gasteiger partial charge in [-0.05, 0) is 36.8 Å². The third-order valence-corrected chi connectivity index (χ3v) is 5.02. The van der Waals surface area contributed by atoms with Crippen LogP contribution in [-0.4, -0.2) is 33.5 Å². The Hall–Kier alpha value is -2.11. The van der Waals surface area contributed by atoms with Crippen LogP contribution < -0.4 is 0 Å². The van der Waals surface area contributed by atoms with Gasteiger partial charge in [-0.3, -0.25) is 4.79 Å². The van der Waals surface area contributed by atoms with Gasteiger partial charge in [0.05, 0.1) is 12.0 Å². The molecule has 0 radical (unpaired) electrons. The molecule has 7 heteroatoms. The fourth-order valence-corrected chi connectivity index (χ4v) is 3.44. The van der Waals surface area contributed by atoms with Gasteiger partial charge in [0.2, 0.25) is 17.6 Å². The minimum Gasteiger partial charge on any atom is -0.339 e. The molecule has 2 heterocycles. The van der Waals surface area contributed by atoms with Crippen molar-refractivity contribution >= 4 is 29.1 Å². The van der Waals surface area contributed by atoms with E-state index in [4.69, 9.17) is 27.7 Å². The highest BCUT2D eigenvalue weighted by molar-refractivity contribution is 6.31. The van der Waals surface area contributed by atoms with Crippen LogP contribution in [0.5, 0.6) is 0 Å². The lowest BCUT2D eigenvalue weighted by Gasteiger charge is -2.26. The highest BCUT2D eigenvalue weighted by Gasteiger charge is 2.37. The molecule has 1 fully saturated rings. The van der Waals surface area contributed by atoms with E-state index in [0.717, 1.165) is 12.0 Å². The summed E-state index contributed by atoms with van der Waals surface area (Å²) < 4.78 is 5.41. The van der Waals surface area contributed by atoms with E-state index >= 15 is 0 Å². The summed E-state index contributed by atoms with van der Waals surface area (Å²) in [4.78, 5) is 18.7. The van der Waals surface area contributed by atoms with E-state index in [0.29, 0.717) is 34.7 Å². The molecule has 2 unspecified atom stereocenters. The summed E-state index contributed by atoms with van der Waals surface area (Å²) in [5.74, 6) is 1.01. The van der Waals surface area contributed by atoms with E-state index in [1.807, 2.05) is 35.3 Å². The maximum atomic E-state index is 12.4. The summed E-state index contributed by atoms with van der Waals surface area (Å²) in [7, 11) is 0. The molecule has 25 heavy (non-hydrogen) atoms. The van der Waals surface area contributed by atoms with Crippen molar-refractivity contribution in [2.75, 3.05) is 6.54 Å². The minimum atomic E-state index is -0.0872. The number of hydrogen-bond donors (Lipinski definition) is 0. The van der Waals surface area contributed by atoms with Crippen LogP contribution in [0.4, 0.5) is 0 Å². The standard InChI is InChI=1S/C18H15Cl2N3O2/c19-13-3-1-11(2-4-13)17-21-18(25-22-17)12-9-16(24)23(10-12)15-7-5-14(20)6-8-15/h1-7,12,15H,8-10H2. The topological polar surface area (TPSA) is 59.2 Å². The van der Waals surface area contributed by atoms with Gasteiger partial charge in [0.15, 0.2) is 0 Å². The molecular formula is C18H15Cl2N3O2. The largest absolute Gasteiger partial charge is 0.339 e. The normalized spacial score (nSPS) is 23.2. The van der Waals surface area contributed by atoms with E-state index in [1.54, 1.807) is 12.1 Å².